The van der Waals surface area contributed by atoms with Crippen LogP contribution < -0.4 is 4.74 Å². The molecule has 8 nitrogen and oxygen atoms in total. The molecule has 0 bridgehead atoms. The van der Waals surface area contributed by atoms with Crippen LogP contribution in [0.2, 0.25) is 0 Å². The molecular formula is C27H46N4O4S. The number of ether oxygens (including phenoxy) is 1. The van der Waals surface area contributed by atoms with Crippen molar-refractivity contribution in [3.8, 4) is 5.75 Å². The molecule has 0 radical (unpaired) electrons. The van der Waals surface area contributed by atoms with Crippen molar-refractivity contribution >= 4 is 15.9 Å². The molecule has 0 spiro atoms. The van der Waals surface area contributed by atoms with Crippen LogP contribution in [0.3, 0.4) is 0 Å². The number of hydrogen-bond donors (Lipinski definition) is 0. The number of nitrogens with zero attached hydrogens (tertiary/aromatic N) is 4. The molecule has 1 saturated heterocycles. The first-order valence-corrected chi connectivity index (χ1v) is 15.1. The second kappa shape index (κ2) is 13.7. The van der Waals surface area contributed by atoms with Gasteiger partial charge in [0.1, 0.15) is 5.75 Å². The van der Waals surface area contributed by atoms with Crippen LogP contribution in [0.1, 0.15) is 50.2 Å². The predicted octanol–water partition coefficient (Wildman–Crippen LogP) is 2.47. The molecule has 2 aliphatic rings. The van der Waals surface area contributed by atoms with Crippen LogP contribution in [0.5, 0.6) is 5.75 Å². The molecule has 204 valence electrons. The summed E-state index contributed by atoms with van der Waals surface area (Å²) in [6.07, 6.45) is 6.74. The fourth-order valence-electron chi connectivity index (χ4n) is 5.32. The van der Waals surface area contributed by atoms with E-state index in [9.17, 15) is 13.2 Å². The molecule has 0 N–H and O–H groups in total. The van der Waals surface area contributed by atoms with E-state index in [1.807, 2.05) is 23.9 Å². The average molecular weight is 523 g/mol. The van der Waals surface area contributed by atoms with Gasteiger partial charge in [-0.1, -0.05) is 13.0 Å². The van der Waals surface area contributed by atoms with Crippen LogP contribution in [-0.2, 0) is 27.7 Å². The molecule has 9 heteroatoms. The number of carbonyl (C=O) groups is 1. The maximum absolute atomic E-state index is 12.7. The number of benzene rings is 1. The molecule has 1 aromatic carbocycles. The zero-order chi connectivity index (χ0) is 26.1. The van der Waals surface area contributed by atoms with Gasteiger partial charge >= 0.3 is 0 Å². The third kappa shape index (κ3) is 8.16. The van der Waals surface area contributed by atoms with Gasteiger partial charge in [0, 0.05) is 45.2 Å². The van der Waals surface area contributed by atoms with E-state index >= 15 is 0 Å². The van der Waals surface area contributed by atoms with E-state index in [1.165, 1.54) is 21.9 Å². The predicted molar refractivity (Wildman–Crippen MR) is 145 cm³/mol. The third-order valence-electron chi connectivity index (χ3n) is 7.50. The zero-order valence-electron chi connectivity index (χ0n) is 22.7. The Labute approximate surface area is 218 Å². The van der Waals surface area contributed by atoms with E-state index in [-0.39, 0.29) is 18.1 Å². The van der Waals surface area contributed by atoms with E-state index < -0.39 is 10.0 Å². The quantitative estimate of drug-likeness (QED) is 0.371. The Balaban J connectivity index is 1.47. The maximum atomic E-state index is 12.7. The van der Waals surface area contributed by atoms with Gasteiger partial charge in [-0.3, -0.25) is 4.79 Å². The molecule has 1 aliphatic heterocycles. The Morgan fingerprint density at radius 1 is 1.03 bits per heavy atom. The monoisotopic (exact) mass is 522 g/mol. The van der Waals surface area contributed by atoms with Crippen molar-refractivity contribution in [2.45, 2.75) is 57.9 Å². The van der Waals surface area contributed by atoms with Crippen molar-refractivity contribution < 1.29 is 17.9 Å². The minimum Gasteiger partial charge on any atom is -0.497 e. The Morgan fingerprint density at radius 3 is 2.56 bits per heavy atom. The lowest BCUT2D eigenvalue weighted by Gasteiger charge is -2.35. The van der Waals surface area contributed by atoms with Gasteiger partial charge < -0.3 is 19.4 Å². The first-order chi connectivity index (χ1) is 17.2. The lowest BCUT2D eigenvalue weighted by molar-refractivity contribution is -0.130. The fourth-order valence-corrected chi connectivity index (χ4v) is 6.91. The van der Waals surface area contributed by atoms with Crippen LogP contribution in [-0.4, -0.2) is 112 Å². The summed E-state index contributed by atoms with van der Waals surface area (Å²) in [5.74, 6) is 1.10. The summed E-state index contributed by atoms with van der Waals surface area (Å²) in [7, 11) is 2.13. The average Bonchev–Trinajstić information content (AvgIpc) is 3.05. The van der Waals surface area contributed by atoms with E-state index in [0.717, 1.165) is 50.9 Å². The lowest BCUT2D eigenvalue weighted by atomic mass is 9.87. The molecule has 3 rings (SSSR count). The molecule has 0 aromatic heterocycles. The molecule has 1 fully saturated rings. The Kier molecular flexibility index (Phi) is 11.0. The second-order valence-electron chi connectivity index (χ2n) is 10.4. The number of hydrogen-bond acceptors (Lipinski definition) is 6. The second-order valence-corrected chi connectivity index (χ2v) is 12.5. The summed E-state index contributed by atoms with van der Waals surface area (Å²) in [5.41, 5.74) is 2.85. The highest BCUT2D eigenvalue weighted by molar-refractivity contribution is 7.89. The fraction of sp³-hybridized carbons (Fsp3) is 0.741. The van der Waals surface area contributed by atoms with Gasteiger partial charge in [0.15, 0.2) is 0 Å². The lowest BCUT2D eigenvalue weighted by Crippen LogP contribution is -2.41. The molecule has 1 aliphatic carbocycles. The van der Waals surface area contributed by atoms with Crippen LogP contribution in [0, 0.1) is 0 Å². The first kappa shape index (κ1) is 28.9. The van der Waals surface area contributed by atoms with E-state index in [2.05, 4.69) is 30.0 Å². The van der Waals surface area contributed by atoms with Crippen molar-refractivity contribution in [3.63, 3.8) is 0 Å². The molecular weight excluding hydrogens is 476 g/mol. The van der Waals surface area contributed by atoms with Gasteiger partial charge in [-0.15, -0.1) is 0 Å². The Bertz CT molecular complexity index is 953. The highest BCUT2D eigenvalue weighted by Gasteiger charge is 2.28. The van der Waals surface area contributed by atoms with Crippen molar-refractivity contribution in [3.05, 3.63) is 29.3 Å². The zero-order valence-corrected chi connectivity index (χ0v) is 23.6. The molecule has 0 saturated carbocycles. The largest absolute Gasteiger partial charge is 0.497 e. The minimum absolute atomic E-state index is 0.0727. The standard InChI is InChI=1S/C27H46N4O4S/c1-5-13-29(25-10-8-23-9-11-26(35-4)22-24(23)21-25)14-6-7-15-30-17-18-31(16-12-27(30)32)36(33,34)20-19-28(2)3/h9,11,22,25H,5-8,10,12-21H2,1-4H3. The van der Waals surface area contributed by atoms with Crippen LogP contribution in [0.25, 0.3) is 0 Å². The number of aryl methyl sites for hydroxylation is 1. The SMILES string of the molecule is CCCN(CCCCN1CCN(S(=O)(=O)CCN(C)C)CCC1=O)C1CCc2ccc(OC)cc2C1. The number of carbonyl (C=O) groups excluding carboxylic acids is 1. The molecule has 1 aromatic rings. The normalized spacial score (nSPS) is 19.6. The van der Waals surface area contributed by atoms with Gasteiger partial charge in [-0.25, -0.2) is 8.42 Å². The number of fused-ring (bicyclic) bond motifs is 1. The summed E-state index contributed by atoms with van der Waals surface area (Å²) in [6.45, 7) is 6.73. The first-order valence-electron chi connectivity index (χ1n) is 13.5. The molecule has 1 unspecified atom stereocenters. The van der Waals surface area contributed by atoms with E-state index in [4.69, 9.17) is 4.74 Å². The van der Waals surface area contributed by atoms with Gasteiger partial charge in [0.2, 0.25) is 15.9 Å². The highest BCUT2D eigenvalue weighted by Crippen LogP contribution is 2.28. The number of sulfonamides is 1. The highest BCUT2D eigenvalue weighted by atomic mass is 32.2. The Hall–Kier alpha value is -1.68. The van der Waals surface area contributed by atoms with Crippen LogP contribution >= 0.6 is 0 Å². The number of amides is 1. The van der Waals surface area contributed by atoms with Crippen molar-refractivity contribution in [1.29, 1.82) is 0 Å². The third-order valence-corrected chi connectivity index (χ3v) is 9.35. The summed E-state index contributed by atoms with van der Waals surface area (Å²) >= 11 is 0. The molecule has 1 amide bonds. The molecule has 1 heterocycles. The number of unbranched alkanes of at least 4 members (excludes halogenated alkanes) is 1. The summed E-state index contributed by atoms with van der Waals surface area (Å²) in [4.78, 5) is 19.0. The van der Waals surface area contributed by atoms with Crippen LogP contribution in [0.4, 0.5) is 0 Å². The van der Waals surface area contributed by atoms with Crippen molar-refractivity contribution in [1.82, 2.24) is 19.0 Å². The van der Waals surface area contributed by atoms with Crippen molar-refractivity contribution in [2.75, 3.05) is 72.8 Å². The van der Waals surface area contributed by atoms with Gasteiger partial charge in [0.25, 0.3) is 0 Å². The Morgan fingerprint density at radius 2 is 1.83 bits per heavy atom. The van der Waals surface area contributed by atoms with E-state index in [1.54, 1.807) is 7.11 Å². The maximum Gasteiger partial charge on any atom is 0.223 e. The number of rotatable bonds is 13. The van der Waals surface area contributed by atoms with Gasteiger partial charge in [-0.2, -0.15) is 4.31 Å². The van der Waals surface area contributed by atoms with Gasteiger partial charge in [-0.05, 0) is 89.0 Å². The van der Waals surface area contributed by atoms with E-state index in [0.29, 0.717) is 38.8 Å². The van der Waals surface area contributed by atoms with Crippen molar-refractivity contribution in [2.24, 2.45) is 0 Å². The van der Waals surface area contributed by atoms with Gasteiger partial charge in [0.05, 0.1) is 12.9 Å². The smallest absolute Gasteiger partial charge is 0.223 e. The molecule has 36 heavy (non-hydrogen) atoms. The van der Waals surface area contributed by atoms with Crippen LogP contribution in [0.15, 0.2) is 18.2 Å². The molecule has 1 atom stereocenters. The minimum atomic E-state index is -3.33. The topological polar surface area (TPSA) is 73.4 Å². The summed E-state index contributed by atoms with van der Waals surface area (Å²) in [5, 5.41) is 0. The number of methoxy groups -OCH3 is 1. The summed E-state index contributed by atoms with van der Waals surface area (Å²) in [6, 6.07) is 7.01. The summed E-state index contributed by atoms with van der Waals surface area (Å²) < 4.78 is 32.3.